The Balaban J connectivity index is 1.64. The molecule has 3 rings (SSSR count). The maximum Gasteiger partial charge on any atom is 0.413 e. The molecular formula is C16H23N3O7. The summed E-state index contributed by atoms with van der Waals surface area (Å²) in [5.41, 5.74) is -0.782. The third-order valence-corrected chi connectivity index (χ3v) is 4.68. The van der Waals surface area contributed by atoms with E-state index in [0.717, 1.165) is 36.7 Å². The second-order valence-corrected chi connectivity index (χ2v) is 6.52. The van der Waals surface area contributed by atoms with Crippen molar-refractivity contribution >= 4 is 11.9 Å². The highest BCUT2D eigenvalue weighted by molar-refractivity contribution is 5.83. The molecule has 4 atom stereocenters. The van der Waals surface area contributed by atoms with E-state index in [4.69, 9.17) is 14.6 Å². The minimum atomic E-state index is -1.39. The predicted octanol–water partition coefficient (Wildman–Crippen LogP) is -0.264. The zero-order chi connectivity index (χ0) is 18.7. The van der Waals surface area contributed by atoms with E-state index in [1.54, 1.807) is 0 Å². The third kappa shape index (κ3) is 4.04. The summed E-state index contributed by atoms with van der Waals surface area (Å²) in [4.78, 5) is 27.8. The van der Waals surface area contributed by atoms with Crippen LogP contribution in [0.2, 0.25) is 0 Å². The van der Waals surface area contributed by atoms with Crippen LogP contribution in [0, 0.1) is 0 Å². The molecule has 1 aromatic heterocycles. The number of aliphatic hydroxyl groups excluding tert-OH is 3. The summed E-state index contributed by atoms with van der Waals surface area (Å²) in [6.45, 7) is -0.496. The molecule has 0 aromatic carbocycles. The lowest BCUT2D eigenvalue weighted by molar-refractivity contribution is -0.0549. The van der Waals surface area contributed by atoms with Gasteiger partial charge in [-0.3, -0.25) is 9.88 Å². The number of nitrogens with one attached hydrogen (secondary N) is 1. The van der Waals surface area contributed by atoms with Gasteiger partial charge in [-0.1, -0.05) is 6.42 Å². The molecule has 0 bridgehead atoms. The first-order valence-electron chi connectivity index (χ1n) is 8.69. The van der Waals surface area contributed by atoms with E-state index in [0.29, 0.717) is 0 Å². The summed E-state index contributed by atoms with van der Waals surface area (Å²) in [5, 5.41) is 31.3. The number of carbonyl (C=O) groups excluding carboxylic acids is 1. The van der Waals surface area contributed by atoms with Crippen molar-refractivity contribution in [2.24, 2.45) is 0 Å². The first-order valence-corrected chi connectivity index (χ1v) is 8.69. The van der Waals surface area contributed by atoms with Gasteiger partial charge >= 0.3 is 11.8 Å². The van der Waals surface area contributed by atoms with Gasteiger partial charge in [0.1, 0.15) is 30.2 Å². The monoisotopic (exact) mass is 369 g/mol. The highest BCUT2D eigenvalue weighted by atomic mass is 16.6. The Morgan fingerprint density at radius 2 is 2.04 bits per heavy atom. The molecule has 2 fully saturated rings. The summed E-state index contributed by atoms with van der Waals surface area (Å²) in [7, 11) is 0. The fraction of sp³-hybridized carbons (Fsp3) is 0.688. The van der Waals surface area contributed by atoms with Gasteiger partial charge in [0.05, 0.1) is 6.61 Å². The number of nitrogens with zero attached hydrogens (tertiary/aromatic N) is 2. The quantitative estimate of drug-likeness (QED) is 0.568. The lowest BCUT2D eigenvalue weighted by Gasteiger charge is -2.21. The van der Waals surface area contributed by atoms with Crippen molar-refractivity contribution in [3.8, 4) is 0 Å². The fourth-order valence-corrected chi connectivity index (χ4v) is 3.25. The van der Waals surface area contributed by atoms with Gasteiger partial charge in [0.15, 0.2) is 6.23 Å². The molecule has 26 heavy (non-hydrogen) atoms. The van der Waals surface area contributed by atoms with Gasteiger partial charge in [-0.15, -0.1) is 0 Å². The minimum absolute atomic E-state index is 0.0128. The summed E-state index contributed by atoms with van der Waals surface area (Å²) < 4.78 is 11.6. The molecule has 0 radical (unpaired) electrons. The minimum Gasteiger partial charge on any atom is -0.446 e. The maximum atomic E-state index is 12.2. The van der Waals surface area contributed by atoms with Crippen molar-refractivity contribution in [2.45, 2.75) is 62.7 Å². The molecule has 1 aliphatic heterocycles. The van der Waals surface area contributed by atoms with Crippen molar-refractivity contribution < 1.29 is 29.6 Å². The SMILES string of the molecule is O=C(Nc1ccn([C@@H]2O[C@H](CO)[C@@H](O)[C@@H]2O)c(=O)n1)OC1CCCCC1. The van der Waals surface area contributed by atoms with Crippen molar-refractivity contribution in [1.29, 1.82) is 0 Å². The molecule has 4 N–H and O–H groups in total. The first kappa shape index (κ1) is 18.8. The number of aromatic nitrogens is 2. The molecule has 10 heteroatoms. The number of hydrogen-bond acceptors (Lipinski definition) is 8. The Bertz CT molecular complexity index is 689. The summed E-state index contributed by atoms with van der Waals surface area (Å²) in [6, 6.07) is 1.36. The Morgan fingerprint density at radius 3 is 2.65 bits per heavy atom. The van der Waals surface area contributed by atoms with Gasteiger partial charge in [-0.25, -0.2) is 9.59 Å². The average Bonchev–Trinajstić information content (AvgIpc) is 2.91. The zero-order valence-electron chi connectivity index (χ0n) is 14.2. The molecule has 1 aliphatic carbocycles. The molecule has 2 aliphatic rings. The Hall–Kier alpha value is -2.01. The standard InChI is InChI=1S/C16H23N3O7/c20-8-10-12(21)13(22)14(26-10)19-7-6-11(17-15(19)23)18-16(24)25-9-4-2-1-3-5-9/h6-7,9-10,12-14,20-22H,1-5,8H2,(H,17,18,23,24)/t10-,12-,13+,14-/m1/s1. The second kappa shape index (κ2) is 8.12. The molecule has 10 nitrogen and oxygen atoms in total. The van der Waals surface area contributed by atoms with Crippen LogP contribution in [-0.2, 0) is 9.47 Å². The van der Waals surface area contributed by atoms with Crippen LogP contribution in [0.25, 0.3) is 0 Å². The summed E-state index contributed by atoms with van der Waals surface area (Å²) in [5.74, 6) is 0.0128. The molecule has 2 heterocycles. The summed E-state index contributed by atoms with van der Waals surface area (Å²) in [6.07, 6.45) is 0.456. The van der Waals surface area contributed by atoms with Crippen LogP contribution in [0.15, 0.2) is 17.1 Å². The molecule has 144 valence electrons. The third-order valence-electron chi connectivity index (χ3n) is 4.68. The van der Waals surface area contributed by atoms with Gasteiger partial charge < -0.3 is 24.8 Å². The van der Waals surface area contributed by atoms with E-state index in [1.807, 2.05) is 0 Å². The second-order valence-electron chi connectivity index (χ2n) is 6.52. The summed E-state index contributed by atoms with van der Waals surface area (Å²) >= 11 is 0. The number of aliphatic hydroxyl groups is 3. The van der Waals surface area contributed by atoms with E-state index >= 15 is 0 Å². The van der Waals surface area contributed by atoms with Crippen LogP contribution in [0.5, 0.6) is 0 Å². The van der Waals surface area contributed by atoms with Crippen molar-refractivity contribution in [2.75, 3.05) is 11.9 Å². The number of carbonyl (C=O) groups is 1. The highest BCUT2D eigenvalue weighted by Gasteiger charge is 2.43. The maximum absolute atomic E-state index is 12.2. The van der Waals surface area contributed by atoms with Crippen LogP contribution < -0.4 is 11.0 Å². The topological polar surface area (TPSA) is 143 Å². The Kier molecular flexibility index (Phi) is 5.87. The van der Waals surface area contributed by atoms with Crippen LogP contribution in [0.1, 0.15) is 38.3 Å². The largest absolute Gasteiger partial charge is 0.446 e. The lowest BCUT2D eigenvalue weighted by Crippen LogP contribution is -2.36. The molecule has 0 spiro atoms. The first-order chi connectivity index (χ1) is 12.5. The van der Waals surface area contributed by atoms with E-state index < -0.39 is 42.9 Å². The average molecular weight is 369 g/mol. The van der Waals surface area contributed by atoms with Gasteiger partial charge in [0.2, 0.25) is 0 Å². The van der Waals surface area contributed by atoms with E-state index in [2.05, 4.69) is 10.3 Å². The van der Waals surface area contributed by atoms with Crippen molar-refractivity contribution in [1.82, 2.24) is 9.55 Å². The van der Waals surface area contributed by atoms with E-state index in [9.17, 15) is 19.8 Å². The number of hydrogen-bond donors (Lipinski definition) is 4. The van der Waals surface area contributed by atoms with Crippen LogP contribution in [0.3, 0.4) is 0 Å². The van der Waals surface area contributed by atoms with Crippen molar-refractivity contribution in [3.05, 3.63) is 22.7 Å². The normalized spacial score (nSPS) is 29.5. The number of ether oxygens (including phenoxy) is 2. The number of anilines is 1. The number of amides is 1. The zero-order valence-corrected chi connectivity index (χ0v) is 14.2. The molecule has 1 saturated heterocycles. The lowest BCUT2D eigenvalue weighted by atomic mass is 9.98. The smallest absolute Gasteiger partial charge is 0.413 e. The van der Waals surface area contributed by atoms with Crippen LogP contribution in [-0.4, -0.2) is 62.0 Å². The molecule has 1 saturated carbocycles. The predicted molar refractivity (Wildman–Crippen MR) is 88.5 cm³/mol. The van der Waals surface area contributed by atoms with Crippen LogP contribution in [0.4, 0.5) is 10.6 Å². The number of rotatable bonds is 4. The Morgan fingerprint density at radius 1 is 1.31 bits per heavy atom. The molecule has 1 aromatic rings. The fourth-order valence-electron chi connectivity index (χ4n) is 3.25. The van der Waals surface area contributed by atoms with Crippen molar-refractivity contribution in [3.63, 3.8) is 0 Å². The van der Waals surface area contributed by atoms with E-state index in [1.165, 1.54) is 12.3 Å². The van der Waals surface area contributed by atoms with Gasteiger partial charge in [0, 0.05) is 6.20 Å². The van der Waals surface area contributed by atoms with Gasteiger partial charge in [-0.2, -0.15) is 4.98 Å². The molecular weight excluding hydrogens is 346 g/mol. The Labute approximate surface area is 149 Å². The van der Waals surface area contributed by atoms with Gasteiger partial charge in [0.25, 0.3) is 0 Å². The molecule has 1 amide bonds. The van der Waals surface area contributed by atoms with E-state index in [-0.39, 0.29) is 11.9 Å². The van der Waals surface area contributed by atoms with Crippen LogP contribution >= 0.6 is 0 Å². The highest BCUT2D eigenvalue weighted by Crippen LogP contribution is 2.28. The molecule has 0 unspecified atom stereocenters. The van der Waals surface area contributed by atoms with Gasteiger partial charge in [-0.05, 0) is 31.7 Å².